The Kier molecular flexibility index (Phi) is 4.83. The molecule has 0 aliphatic carbocycles. The Bertz CT molecular complexity index is 737. The molecule has 0 saturated carbocycles. The van der Waals surface area contributed by atoms with Crippen LogP contribution in [-0.4, -0.2) is 45.2 Å². The van der Waals surface area contributed by atoms with Crippen molar-refractivity contribution in [1.82, 2.24) is 19.6 Å². The van der Waals surface area contributed by atoms with Crippen LogP contribution in [0, 0.1) is 5.92 Å². The molecular formula is C18H24N4O2. The number of piperidine rings is 1. The Morgan fingerprint density at radius 1 is 1.42 bits per heavy atom. The largest absolute Gasteiger partial charge is 0.352 e. The van der Waals surface area contributed by atoms with Gasteiger partial charge in [0.05, 0.1) is 23.6 Å². The summed E-state index contributed by atoms with van der Waals surface area (Å²) in [6.45, 7) is 5.35. The van der Waals surface area contributed by atoms with Gasteiger partial charge in [-0.05, 0) is 30.9 Å². The van der Waals surface area contributed by atoms with E-state index in [1.54, 1.807) is 12.5 Å². The van der Waals surface area contributed by atoms with Crippen LogP contribution in [0.1, 0.15) is 43.5 Å². The zero-order valence-corrected chi connectivity index (χ0v) is 14.2. The molecule has 0 radical (unpaired) electrons. The van der Waals surface area contributed by atoms with Crippen molar-refractivity contribution in [1.29, 1.82) is 0 Å². The van der Waals surface area contributed by atoms with Crippen molar-refractivity contribution in [3.8, 4) is 0 Å². The first kappa shape index (κ1) is 16.5. The molecule has 2 aromatic rings. The molecule has 6 heteroatoms. The van der Waals surface area contributed by atoms with Gasteiger partial charge in [-0.2, -0.15) is 0 Å². The van der Waals surface area contributed by atoms with Gasteiger partial charge in [0.25, 0.3) is 5.91 Å². The summed E-state index contributed by atoms with van der Waals surface area (Å²) >= 11 is 0. The van der Waals surface area contributed by atoms with E-state index in [4.69, 9.17) is 0 Å². The molecule has 1 N–H and O–H groups in total. The SMILES string of the molecule is CC(C)CC(=O)N[C@H]1CCCN(C(=O)c2cccn3cncc23)C1. The number of amides is 2. The van der Waals surface area contributed by atoms with Crippen LogP contribution in [0.5, 0.6) is 0 Å². The number of carbonyl (C=O) groups is 2. The Morgan fingerprint density at radius 2 is 2.25 bits per heavy atom. The van der Waals surface area contributed by atoms with E-state index >= 15 is 0 Å². The van der Waals surface area contributed by atoms with Gasteiger partial charge in [-0.3, -0.25) is 9.59 Å². The lowest BCUT2D eigenvalue weighted by atomic mass is 10.0. The number of pyridine rings is 1. The summed E-state index contributed by atoms with van der Waals surface area (Å²) in [5, 5.41) is 3.07. The first-order valence-corrected chi connectivity index (χ1v) is 8.54. The predicted molar refractivity (Wildman–Crippen MR) is 91.7 cm³/mol. The lowest BCUT2D eigenvalue weighted by Gasteiger charge is -2.33. The molecule has 128 valence electrons. The van der Waals surface area contributed by atoms with E-state index in [9.17, 15) is 9.59 Å². The maximum atomic E-state index is 12.9. The molecule has 2 amide bonds. The Balaban J connectivity index is 1.69. The van der Waals surface area contributed by atoms with Crippen molar-refractivity contribution in [2.75, 3.05) is 13.1 Å². The first-order valence-electron chi connectivity index (χ1n) is 8.54. The molecule has 1 aliphatic rings. The maximum absolute atomic E-state index is 12.9. The van der Waals surface area contributed by atoms with Gasteiger partial charge in [0.1, 0.15) is 0 Å². The molecule has 1 saturated heterocycles. The summed E-state index contributed by atoms with van der Waals surface area (Å²) in [5.41, 5.74) is 1.47. The van der Waals surface area contributed by atoms with Gasteiger partial charge in [-0.25, -0.2) is 4.98 Å². The summed E-state index contributed by atoms with van der Waals surface area (Å²) in [6.07, 6.45) is 7.63. The van der Waals surface area contributed by atoms with E-state index in [1.807, 2.05) is 41.5 Å². The first-order chi connectivity index (χ1) is 11.5. The summed E-state index contributed by atoms with van der Waals surface area (Å²) in [6, 6.07) is 3.73. The number of carbonyl (C=O) groups excluding carboxylic acids is 2. The minimum atomic E-state index is 0.00362. The van der Waals surface area contributed by atoms with Crippen molar-refractivity contribution >= 4 is 17.3 Å². The van der Waals surface area contributed by atoms with Gasteiger partial charge in [0.15, 0.2) is 0 Å². The van der Waals surface area contributed by atoms with Crippen molar-refractivity contribution in [2.24, 2.45) is 5.92 Å². The minimum Gasteiger partial charge on any atom is -0.352 e. The molecule has 0 spiro atoms. The van der Waals surface area contributed by atoms with Gasteiger partial charge in [-0.1, -0.05) is 13.8 Å². The summed E-state index contributed by atoms with van der Waals surface area (Å²) in [4.78, 5) is 30.8. The number of hydrogen-bond acceptors (Lipinski definition) is 3. The van der Waals surface area contributed by atoms with Crippen LogP contribution < -0.4 is 5.32 Å². The molecule has 2 aromatic heterocycles. The molecular weight excluding hydrogens is 304 g/mol. The number of nitrogens with one attached hydrogen (secondary N) is 1. The van der Waals surface area contributed by atoms with Crippen LogP contribution in [0.3, 0.4) is 0 Å². The highest BCUT2D eigenvalue weighted by molar-refractivity contribution is 6.00. The lowest BCUT2D eigenvalue weighted by molar-refractivity contribution is -0.122. The Morgan fingerprint density at radius 3 is 3.04 bits per heavy atom. The van der Waals surface area contributed by atoms with E-state index in [-0.39, 0.29) is 17.9 Å². The summed E-state index contributed by atoms with van der Waals surface area (Å²) in [7, 11) is 0. The molecule has 1 aliphatic heterocycles. The number of rotatable bonds is 4. The van der Waals surface area contributed by atoms with E-state index < -0.39 is 0 Å². The topological polar surface area (TPSA) is 66.7 Å². The number of imidazole rings is 1. The zero-order chi connectivity index (χ0) is 17.1. The third-order valence-corrected chi connectivity index (χ3v) is 4.35. The Hall–Kier alpha value is -2.37. The Labute approximate surface area is 141 Å². The highest BCUT2D eigenvalue weighted by Gasteiger charge is 2.26. The zero-order valence-electron chi connectivity index (χ0n) is 14.2. The second-order valence-electron chi connectivity index (χ2n) is 6.86. The van der Waals surface area contributed by atoms with Gasteiger partial charge < -0.3 is 14.6 Å². The molecule has 0 unspecified atom stereocenters. The molecule has 0 bridgehead atoms. The van der Waals surface area contributed by atoms with E-state index in [0.717, 1.165) is 24.9 Å². The third kappa shape index (κ3) is 3.58. The lowest BCUT2D eigenvalue weighted by Crippen LogP contribution is -2.49. The molecule has 0 aromatic carbocycles. The third-order valence-electron chi connectivity index (χ3n) is 4.35. The highest BCUT2D eigenvalue weighted by Crippen LogP contribution is 2.17. The summed E-state index contributed by atoms with van der Waals surface area (Å²) < 4.78 is 1.85. The standard InChI is InChI=1S/C18H24N4O2/c1-13(2)9-17(23)20-14-5-3-7-21(11-14)18(24)15-6-4-8-22-12-19-10-16(15)22/h4,6,8,10,12-14H,3,5,7,9,11H2,1-2H3,(H,20,23)/t14-/m0/s1. The van der Waals surface area contributed by atoms with Crippen LogP contribution in [0.4, 0.5) is 0 Å². The molecule has 1 atom stereocenters. The molecule has 6 nitrogen and oxygen atoms in total. The number of fused-ring (bicyclic) bond motifs is 1. The fourth-order valence-electron chi connectivity index (χ4n) is 3.24. The van der Waals surface area contributed by atoms with E-state index in [0.29, 0.717) is 24.4 Å². The van der Waals surface area contributed by atoms with Crippen molar-refractivity contribution < 1.29 is 9.59 Å². The fraction of sp³-hybridized carbons (Fsp3) is 0.500. The molecule has 3 heterocycles. The average molecular weight is 328 g/mol. The number of hydrogen-bond donors (Lipinski definition) is 1. The van der Waals surface area contributed by atoms with Crippen LogP contribution in [-0.2, 0) is 4.79 Å². The van der Waals surface area contributed by atoms with Crippen LogP contribution >= 0.6 is 0 Å². The number of nitrogens with zero attached hydrogens (tertiary/aromatic N) is 3. The molecule has 3 rings (SSSR count). The average Bonchev–Trinajstić information content (AvgIpc) is 3.02. The molecule has 1 fully saturated rings. The van der Waals surface area contributed by atoms with Crippen molar-refractivity contribution in [2.45, 2.75) is 39.2 Å². The minimum absolute atomic E-state index is 0.00362. The second-order valence-corrected chi connectivity index (χ2v) is 6.86. The van der Waals surface area contributed by atoms with Crippen LogP contribution in [0.2, 0.25) is 0 Å². The van der Waals surface area contributed by atoms with Gasteiger partial charge >= 0.3 is 0 Å². The predicted octanol–water partition coefficient (Wildman–Crippen LogP) is 2.10. The number of likely N-dealkylation sites (tertiary alicyclic amines) is 1. The highest BCUT2D eigenvalue weighted by atomic mass is 16.2. The van der Waals surface area contributed by atoms with Gasteiger partial charge in [0, 0.05) is 31.7 Å². The van der Waals surface area contributed by atoms with E-state index in [1.165, 1.54) is 0 Å². The van der Waals surface area contributed by atoms with Crippen molar-refractivity contribution in [3.05, 3.63) is 36.4 Å². The normalized spacial score (nSPS) is 18.1. The molecule has 24 heavy (non-hydrogen) atoms. The van der Waals surface area contributed by atoms with Crippen molar-refractivity contribution in [3.63, 3.8) is 0 Å². The maximum Gasteiger partial charge on any atom is 0.256 e. The fourth-order valence-corrected chi connectivity index (χ4v) is 3.24. The van der Waals surface area contributed by atoms with Crippen LogP contribution in [0.25, 0.3) is 5.52 Å². The quantitative estimate of drug-likeness (QED) is 0.934. The number of aromatic nitrogens is 2. The summed E-state index contributed by atoms with van der Waals surface area (Å²) in [5.74, 6) is 0.414. The van der Waals surface area contributed by atoms with Gasteiger partial charge in [0.2, 0.25) is 5.91 Å². The smallest absolute Gasteiger partial charge is 0.256 e. The second kappa shape index (κ2) is 7.03. The van der Waals surface area contributed by atoms with E-state index in [2.05, 4.69) is 10.3 Å². The van der Waals surface area contributed by atoms with Crippen LogP contribution in [0.15, 0.2) is 30.9 Å². The van der Waals surface area contributed by atoms with Gasteiger partial charge in [-0.15, -0.1) is 0 Å². The monoisotopic (exact) mass is 328 g/mol.